The third kappa shape index (κ3) is 1.36. The predicted octanol–water partition coefficient (Wildman–Crippen LogP) is 2.29. The third-order valence-electron chi connectivity index (χ3n) is 4.19. The number of hydrogen-bond donors (Lipinski definition) is 0. The molecular formula is C14H19NO. The van der Waals surface area contributed by atoms with Crippen molar-refractivity contribution in [2.45, 2.75) is 19.3 Å². The van der Waals surface area contributed by atoms with E-state index in [-0.39, 0.29) is 0 Å². The molecular weight excluding hydrogens is 198 g/mol. The lowest BCUT2D eigenvalue weighted by Crippen LogP contribution is -2.21. The summed E-state index contributed by atoms with van der Waals surface area (Å²) in [6, 6.07) is 6.50. The van der Waals surface area contributed by atoms with Gasteiger partial charge >= 0.3 is 0 Å². The molecule has 2 aliphatic rings. The summed E-state index contributed by atoms with van der Waals surface area (Å²) in [6.07, 6.45) is 1.24. The lowest BCUT2D eigenvalue weighted by atomic mass is 9.96. The Morgan fingerprint density at radius 2 is 2.25 bits per heavy atom. The fraction of sp³-hybridized carbons (Fsp3) is 0.571. The number of nitrogens with zero attached hydrogens (tertiary/aromatic N) is 1. The van der Waals surface area contributed by atoms with Gasteiger partial charge in [0, 0.05) is 24.6 Å². The number of benzene rings is 1. The summed E-state index contributed by atoms with van der Waals surface area (Å²) in [6.45, 7) is 5.91. The number of ether oxygens (including phenoxy) is 1. The van der Waals surface area contributed by atoms with Crippen molar-refractivity contribution in [2.24, 2.45) is 5.92 Å². The van der Waals surface area contributed by atoms with E-state index < -0.39 is 0 Å². The first-order valence-corrected chi connectivity index (χ1v) is 6.21. The average molecular weight is 217 g/mol. The monoisotopic (exact) mass is 217 g/mol. The van der Waals surface area contributed by atoms with Crippen LogP contribution in [-0.2, 0) is 6.42 Å². The summed E-state index contributed by atoms with van der Waals surface area (Å²) in [4.78, 5) is 2.56. The molecule has 2 heteroatoms. The van der Waals surface area contributed by atoms with Crippen LogP contribution in [0.15, 0.2) is 18.2 Å². The Bertz CT molecular complexity index is 402. The molecule has 1 fully saturated rings. The summed E-state index contributed by atoms with van der Waals surface area (Å²) < 4.78 is 5.52. The largest absolute Gasteiger partial charge is 0.496 e. The molecule has 86 valence electrons. The van der Waals surface area contributed by atoms with Crippen molar-refractivity contribution >= 4 is 0 Å². The second kappa shape index (κ2) is 3.77. The van der Waals surface area contributed by atoms with Crippen LogP contribution >= 0.6 is 0 Å². The van der Waals surface area contributed by atoms with Crippen LogP contribution < -0.4 is 4.74 Å². The maximum atomic E-state index is 5.52. The van der Waals surface area contributed by atoms with Gasteiger partial charge in [-0.1, -0.05) is 19.1 Å². The molecule has 0 aromatic heterocycles. The average Bonchev–Trinajstić information content (AvgIpc) is 2.84. The minimum absolute atomic E-state index is 0.714. The van der Waals surface area contributed by atoms with Gasteiger partial charge < -0.3 is 9.64 Å². The highest BCUT2D eigenvalue weighted by Crippen LogP contribution is 2.46. The number of likely N-dealkylation sites (N-methyl/N-ethyl adjacent to an activating group) is 1. The van der Waals surface area contributed by atoms with E-state index in [9.17, 15) is 0 Å². The van der Waals surface area contributed by atoms with E-state index in [1.807, 2.05) is 0 Å². The molecule has 0 N–H and O–H groups in total. The molecule has 0 amide bonds. The molecule has 0 spiro atoms. The van der Waals surface area contributed by atoms with Crippen LogP contribution in [0.4, 0.5) is 0 Å². The molecule has 1 aromatic carbocycles. The van der Waals surface area contributed by atoms with Crippen molar-refractivity contribution < 1.29 is 4.74 Å². The lowest BCUT2D eigenvalue weighted by Gasteiger charge is -2.16. The zero-order chi connectivity index (χ0) is 11.1. The van der Waals surface area contributed by atoms with E-state index in [2.05, 4.69) is 30.0 Å². The zero-order valence-electron chi connectivity index (χ0n) is 10.1. The van der Waals surface area contributed by atoms with Gasteiger partial charge in [0.15, 0.2) is 0 Å². The van der Waals surface area contributed by atoms with E-state index in [1.54, 1.807) is 7.11 Å². The van der Waals surface area contributed by atoms with Crippen molar-refractivity contribution in [1.29, 1.82) is 0 Å². The summed E-state index contributed by atoms with van der Waals surface area (Å²) in [5, 5.41) is 0. The highest BCUT2D eigenvalue weighted by Gasteiger charge is 2.40. The Balaban J connectivity index is 1.97. The molecule has 2 unspecified atom stereocenters. The molecule has 1 aliphatic heterocycles. The summed E-state index contributed by atoms with van der Waals surface area (Å²) in [7, 11) is 1.79. The molecule has 0 radical (unpaired) electrons. The Hall–Kier alpha value is -1.02. The van der Waals surface area contributed by atoms with Crippen LogP contribution in [-0.4, -0.2) is 31.6 Å². The third-order valence-corrected chi connectivity index (χ3v) is 4.19. The Morgan fingerprint density at radius 1 is 1.38 bits per heavy atom. The Kier molecular flexibility index (Phi) is 2.40. The van der Waals surface area contributed by atoms with Crippen molar-refractivity contribution in [2.75, 3.05) is 26.7 Å². The van der Waals surface area contributed by atoms with Gasteiger partial charge in [0.1, 0.15) is 5.75 Å². The van der Waals surface area contributed by atoms with Gasteiger partial charge in [0.05, 0.1) is 7.11 Å². The standard InChI is InChI=1S/C14H19NO/c1-3-15-8-11-7-10-5-4-6-13(16-2)14(10)12(11)9-15/h4-6,11-12H,3,7-9H2,1-2H3. The van der Waals surface area contributed by atoms with E-state index >= 15 is 0 Å². The van der Waals surface area contributed by atoms with Crippen LogP contribution in [0.25, 0.3) is 0 Å². The topological polar surface area (TPSA) is 12.5 Å². The molecule has 0 saturated carbocycles. The van der Waals surface area contributed by atoms with Crippen LogP contribution in [0.5, 0.6) is 5.75 Å². The minimum atomic E-state index is 0.714. The zero-order valence-corrected chi connectivity index (χ0v) is 10.1. The molecule has 3 rings (SSSR count). The highest BCUT2D eigenvalue weighted by molar-refractivity contribution is 5.47. The van der Waals surface area contributed by atoms with E-state index in [4.69, 9.17) is 4.74 Å². The Morgan fingerprint density at radius 3 is 3.00 bits per heavy atom. The summed E-state index contributed by atoms with van der Waals surface area (Å²) in [5.41, 5.74) is 3.01. The van der Waals surface area contributed by atoms with Crippen molar-refractivity contribution in [1.82, 2.24) is 4.90 Å². The van der Waals surface area contributed by atoms with Gasteiger partial charge in [-0.25, -0.2) is 0 Å². The van der Waals surface area contributed by atoms with Gasteiger partial charge in [-0.05, 0) is 30.5 Å². The molecule has 2 nitrogen and oxygen atoms in total. The van der Waals surface area contributed by atoms with Crippen molar-refractivity contribution in [3.05, 3.63) is 29.3 Å². The highest BCUT2D eigenvalue weighted by atomic mass is 16.5. The minimum Gasteiger partial charge on any atom is -0.496 e. The fourth-order valence-electron chi connectivity index (χ4n) is 3.40. The second-order valence-electron chi connectivity index (χ2n) is 4.96. The van der Waals surface area contributed by atoms with Crippen molar-refractivity contribution in [3.63, 3.8) is 0 Å². The lowest BCUT2D eigenvalue weighted by molar-refractivity contribution is 0.338. The molecule has 0 bridgehead atoms. The first kappa shape index (κ1) is 10.2. The molecule has 1 aliphatic carbocycles. The predicted molar refractivity (Wildman–Crippen MR) is 65.0 cm³/mol. The molecule has 2 atom stereocenters. The van der Waals surface area contributed by atoms with Crippen LogP contribution in [0.2, 0.25) is 0 Å². The van der Waals surface area contributed by atoms with Crippen LogP contribution in [0.1, 0.15) is 24.0 Å². The molecule has 16 heavy (non-hydrogen) atoms. The van der Waals surface area contributed by atoms with Gasteiger partial charge in [-0.2, -0.15) is 0 Å². The number of rotatable bonds is 2. The number of methoxy groups -OCH3 is 1. The quantitative estimate of drug-likeness (QED) is 0.753. The van der Waals surface area contributed by atoms with E-state index in [0.717, 1.165) is 11.7 Å². The SMILES string of the molecule is CCN1CC2Cc3cccc(OC)c3C2C1. The first-order valence-electron chi connectivity index (χ1n) is 6.21. The first-order chi connectivity index (χ1) is 7.83. The fourth-order valence-corrected chi connectivity index (χ4v) is 3.40. The van der Waals surface area contributed by atoms with E-state index in [1.165, 1.54) is 37.2 Å². The van der Waals surface area contributed by atoms with Crippen LogP contribution in [0, 0.1) is 5.92 Å². The smallest absolute Gasteiger partial charge is 0.122 e. The maximum Gasteiger partial charge on any atom is 0.122 e. The molecule has 1 heterocycles. The number of hydrogen-bond acceptors (Lipinski definition) is 2. The van der Waals surface area contributed by atoms with Gasteiger partial charge in [-0.3, -0.25) is 0 Å². The molecule has 1 aromatic rings. The number of likely N-dealkylation sites (tertiary alicyclic amines) is 1. The maximum absolute atomic E-state index is 5.52. The molecule has 1 saturated heterocycles. The van der Waals surface area contributed by atoms with Gasteiger partial charge in [-0.15, -0.1) is 0 Å². The van der Waals surface area contributed by atoms with Gasteiger partial charge in [0.25, 0.3) is 0 Å². The normalized spacial score (nSPS) is 27.9. The Labute approximate surface area is 97.2 Å². The second-order valence-corrected chi connectivity index (χ2v) is 4.96. The summed E-state index contributed by atoms with van der Waals surface area (Å²) in [5.74, 6) is 2.64. The number of fused-ring (bicyclic) bond motifs is 3. The van der Waals surface area contributed by atoms with Gasteiger partial charge in [0.2, 0.25) is 0 Å². The summed E-state index contributed by atoms with van der Waals surface area (Å²) >= 11 is 0. The van der Waals surface area contributed by atoms with Crippen LogP contribution in [0.3, 0.4) is 0 Å². The van der Waals surface area contributed by atoms with Crippen molar-refractivity contribution in [3.8, 4) is 5.75 Å². The van der Waals surface area contributed by atoms with E-state index in [0.29, 0.717) is 5.92 Å².